The Morgan fingerprint density at radius 1 is 1.17 bits per heavy atom. The predicted octanol–water partition coefficient (Wildman–Crippen LogP) is 2.57. The van der Waals surface area contributed by atoms with Crippen LogP contribution in [-0.4, -0.2) is 5.91 Å². The third-order valence-corrected chi connectivity index (χ3v) is 3.06. The fourth-order valence-corrected chi connectivity index (χ4v) is 2.17. The fraction of sp³-hybridized carbons (Fsp3) is 0.0714. The van der Waals surface area contributed by atoms with Gasteiger partial charge in [-0.2, -0.15) is 0 Å². The Morgan fingerprint density at radius 3 is 2.78 bits per heavy atom. The van der Waals surface area contributed by atoms with E-state index in [0.29, 0.717) is 23.5 Å². The van der Waals surface area contributed by atoms with Crippen molar-refractivity contribution >= 4 is 17.3 Å². The van der Waals surface area contributed by atoms with Crippen LogP contribution in [0.4, 0.5) is 15.8 Å². The van der Waals surface area contributed by atoms with Crippen LogP contribution in [0.25, 0.3) is 0 Å². The summed E-state index contributed by atoms with van der Waals surface area (Å²) >= 11 is 0. The Hall–Kier alpha value is -2.36. The zero-order valence-electron chi connectivity index (χ0n) is 9.56. The van der Waals surface area contributed by atoms with Crippen molar-refractivity contribution in [2.24, 2.45) is 0 Å². The predicted molar refractivity (Wildman–Crippen MR) is 67.8 cm³/mol. The number of amides is 1. The van der Waals surface area contributed by atoms with Gasteiger partial charge in [-0.05, 0) is 35.9 Å². The summed E-state index contributed by atoms with van der Waals surface area (Å²) in [7, 11) is 0. The minimum Gasteiger partial charge on any atom is -0.399 e. The highest BCUT2D eigenvalue weighted by atomic mass is 19.1. The molecule has 90 valence electrons. The molecule has 0 unspecified atom stereocenters. The number of nitrogens with two attached hydrogens (primary N) is 1. The van der Waals surface area contributed by atoms with Crippen LogP contribution in [0.5, 0.6) is 0 Å². The number of nitrogen functional groups attached to an aromatic ring is 1. The summed E-state index contributed by atoms with van der Waals surface area (Å²) in [5, 5.41) is 0. The number of hydrogen-bond donors (Lipinski definition) is 1. The van der Waals surface area contributed by atoms with Gasteiger partial charge in [0.1, 0.15) is 5.82 Å². The van der Waals surface area contributed by atoms with E-state index in [1.54, 1.807) is 29.2 Å². The first-order valence-electron chi connectivity index (χ1n) is 5.61. The zero-order valence-corrected chi connectivity index (χ0v) is 9.56. The summed E-state index contributed by atoms with van der Waals surface area (Å²) in [6.45, 7) is 0.456. The van der Waals surface area contributed by atoms with Gasteiger partial charge in [-0.25, -0.2) is 4.39 Å². The van der Waals surface area contributed by atoms with Gasteiger partial charge in [-0.1, -0.05) is 12.1 Å². The summed E-state index contributed by atoms with van der Waals surface area (Å²) in [4.78, 5) is 13.8. The zero-order chi connectivity index (χ0) is 12.7. The monoisotopic (exact) mass is 242 g/mol. The molecular formula is C14H11FN2O. The number of halogens is 1. The van der Waals surface area contributed by atoms with Crippen molar-refractivity contribution in [3.05, 3.63) is 59.4 Å². The second-order valence-electron chi connectivity index (χ2n) is 4.29. The van der Waals surface area contributed by atoms with Gasteiger partial charge in [0, 0.05) is 16.9 Å². The van der Waals surface area contributed by atoms with Crippen LogP contribution in [0.1, 0.15) is 15.9 Å². The maximum Gasteiger partial charge on any atom is 0.259 e. The van der Waals surface area contributed by atoms with Crippen LogP contribution in [-0.2, 0) is 6.54 Å². The fourth-order valence-electron chi connectivity index (χ4n) is 2.17. The van der Waals surface area contributed by atoms with E-state index >= 15 is 0 Å². The molecule has 0 aromatic heterocycles. The number of carbonyl (C=O) groups is 1. The average Bonchev–Trinajstić information content (AvgIpc) is 2.67. The molecule has 18 heavy (non-hydrogen) atoms. The average molecular weight is 242 g/mol. The molecule has 0 radical (unpaired) electrons. The van der Waals surface area contributed by atoms with Crippen LogP contribution in [0.15, 0.2) is 42.5 Å². The summed E-state index contributed by atoms with van der Waals surface area (Å²) in [5.74, 6) is -0.487. The van der Waals surface area contributed by atoms with Crippen LogP contribution >= 0.6 is 0 Å². The Kier molecular flexibility index (Phi) is 2.30. The van der Waals surface area contributed by atoms with Crippen molar-refractivity contribution in [2.45, 2.75) is 6.54 Å². The molecule has 0 fully saturated rings. The Morgan fingerprint density at radius 2 is 2.00 bits per heavy atom. The molecule has 4 heteroatoms. The molecule has 1 amide bonds. The lowest BCUT2D eigenvalue weighted by Gasteiger charge is -2.15. The second kappa shape index (κ2) is 3.84. The van der Waals surface area contributed by atoms with Gasteiger partial charge in [-0.15, -0.1) is 0 Å². The van der Waals surface area contributed by atoms with Gasteiger partial charge >= 0.3 is 0 Å². The molecule has 0 atom stereocenters. The van der Waals surface area contributed by atoms with Crippen LogP contribution in [0.3, 0.4) is 0 Å². The normalized spacial score (nSPS) is 13.8. The molecule has 3 rings (SSSR count). The van der Waals surface area contributed by atoms with Gasteiger partial charge in [-0.3, -0.25) is 4.79 Å². The van der Waals surface area contributed by atoms with E-state index in [0.717, 1.165) is 5.56 Å². The lowest BCUT2D eigenvalue weighted by molar-refractivity contribution is 0.0996. The van der Waals surface area contributed by atoms with E-state index in [-0.39, 0.29) is 11.7 Å². The molecule has 0 spiro atoms. The molecule has 0 saturated carbocycles. The highest BCUT2D eigenvalue weighted by Gasteiger charge is 2.28. The largest absolute Gasteiger partial charge is 0.399 e. The lowest BCUT2D eigenvalue weighted by atomic mass is 10.1. The number of carbonyl (C=O) groups excluding carboxylic acids is 1. The van der Waals surface area contributed by atoms with E-state index in [2.05, 4.69) is 0 Å². The molecule has 2 N–H and O–H groups in total. The van der Waals surface area contributed by atoms with Crippen LogP contribution in [0.2, 0.25) is 0 Å². The Balaban J connectivity index is 2.02. The van der Waals surface area contributed by atoms with Gasteiger partial charge < -0.3 is 10.6 Å². The molecule has 0 aliphatic carbocycles. The lowest BCUT2D eigenvalue weighted by Crippen LogP contribution is -2.23. The van der Waals surface area contributed by atoms with E-state index in [1.165, 1.54) is 12.1 Å². The molecule has 0 saturated heterocycles. The van der Waals surface area contributed by atoms with Crippen LogP contribution in [0, 0.1) is 5.82 Å². The minimum absolute atomic E-state index is 0.136. The summed E-state index contributed by atoms with van der Waals surface area (Å²) in [5.41, 5.74) is 8.31. The van der Waals surface area contributed by atoms with E-state index < -0.39 is 0 Å². The van der Waals surface area contributed by atoms with Crippen LogP contribution < -0.4 is 10.6 Å². The first-order chi connectivity index (χ1) is 8.65. The number of fused-ring (bicyclic) bond motifs is 1. The van der Waals surface area contributed by atoms with Crippen molar-refractivity contribution in [1.29, 1.82) is 0 Å². The molecule has 2 aromatic rings. The van der Waals surface area contributed by atoms with Crippen molar-refractivity contribution in [3.63, 3.8) is 0 Å². The quantitative estimate of drug-likeness (QED) is 0.781. The van der Waals surface area contributed by atoms with E-state index in [4.69, 9.17) is 5.73 Å². The summed E-state index contributed by atoms with van der Waals surface area (Å²) in [6, 6.07) is 11.3. The smallest absolute Gasteiger partial charge is 0.259 e. The highest BCUT2D eigenvalue weighted by molar-refractivity contribution is 6.10. The topological polar surface area (TPSA) is 46.3 Å². The molecule has 3 nitrogen and oxygen atoms in total. The molecule has 2 aromatic carbocycles. The second-order valence-corrected chi connectivity index (χ2v) is 4.29. The van der Waals surface area contributed by atoms with Gasteiger partial charge in [0.05, 0.1) is 6.54 Å². The Labute approximate surface area is 104 Å². The van der Waals surface area contributed by atoms with Crippen molar-refractivity contribution < 1.29 is 9.18 Å². The van der Waals surface area contributed by atoms with Gasteiger partial charge in [0.25, 0.3) is 5.91 Å². The number of hydrogen-bond acceptors (Lipinski definition) is 2. The van der Waals surface area contributed by atoms with Crippen molar-refractivity contribution in [3.8, 4) is 0 Å². The van der Waals surface area contributed by atoms with Crippen molar-refractivity contribution in [2.75, 3.05) is 10.6 Å². The maximum absolute atomic E-state index is 13.2. The molecule has 1 aliphatic heterocycles. The number of anilines is 2. The van der Waals surface area contributed by atoms with Crippen molar-refractivity contribution in [1.82, 2.24) is 0 Å². The third kappa shape index (κ3) is 1.62. The summed E-state index contributed by atoms with van der Waals surface area (Å²) < 4.78 is 13.2. The maximum atomic E-state index is 13.2. The number of nitrogens with zero attached hydrogens (tertiary/aromatic N) is 1. The molecule has 0 bridgehead atoms. The first-order valence-corrected chi connectivity index (χ1v) is 5.61. The summed E-state index contributed by atoms with van der Waals surface area (Å²) in [6.07, 6.45) is 0. The first kappa shape index (κ1) is 10.8. The van der Waals surface area contributed by atoms with Gasteiger partial charge in [0.15, 0.2) is 0 Å². The third-order valence-electron chi connectivity index (χ3n) is 3.06. The standard InChI is InChI=1S/C14H11FN2O/c15-10-2-1-3-12(6-10)17-8-9-4-5-11(16)7-13(9)14(17)18/h1-7H,8,16H2. The SMILES string of the molecule is Nc1ccc2c(c1)C(=O)N(c1cccc(F)c1)C2. The molecule has 1 aliphatic rings. The molecule has 1 heterocycles. The van der Waals surface area contributed by atoms with E-state index in [9.17, 15) is 9.18 Å². The Bertz CT molecular complexity index is 639. The number of benzene rings is 2. The minimum atomic E-state index is -0.351. The highest BCUT2D eigenvalue weighted by Crippen LogP contribution is 2.29. The number of rotatable bonds is 1. The molecular weight excluding hydrogens is 231 g/mol. The van der Waals surface area contributed by atoms with Gasteiger partial charge in [0.2, 0.25) is 0 Å². The van der Waals surface area contributed by atoms with E-state index in [1.807, 2.05) is 6.07 Å².